The Labute approximate surface area is 87.3 Å². The first-order valence-electron chi connectivity index (χ1n) is 5.08. The van der Waals surface area contributed by atoms with E-state index in [-0.39, 0.29) is 5.76 Å². The van der Waals surface area contributed by atoms with E-state index in [1.165, 1.54) is 0 Å². The molecule has 0 aliphatic rings. The molecule has 1 aromatic carbocycles. The average molecular weight is 206 g/mol. The van der Waals surface area contributed by atoms with E-state index in [0.717, 1.165) is 17.5 Å². The van der Waals surface area contributed by atoms with E-state index in [1.54, 1.807) is 4.57 Å². The van der Waals surface area contributed by atoms with E-state index in [9.17, 15) is 4.79 Å². The van der Waals surface area contributed by atoms with Crippen molar-refractivity contribution in [1.82, 2.24) is 4.57 Å². The maximum Gasteiger partial charge on any atom is 0.419 e. The maximum absolute atomic E-state index is 11.5. The smallest absolute Gasteiger partial charge is 0.408 e. The molecule has 1 heterocycles. The number of benzene rings is 1. The zero-order valence-corrected chi connectivity index (χ0v) is 8.69. The van der Waals surface area contributed by atoms with Gasteiger partial charge in [-0.2, -0.15) is 0 Å². The molecule has 15 heavy (non-hydrogen) atoms. The van der Waals surface area contributed by atoms with Crippen LogP contribution in [0.1, 0.15) is 18.9 Å². The summed E-state index contributed by atoms with van der Waals surface area (Å²) in [6.07, 6.45) is 0.910. The molecule has 0 bridgehead atoms. The number of hydrogen-bond donors (Lipinski definition) is 1. The Balaban J connectivity index is 2.63. The van der Waals surface area contributed by atoms with Crippen LogP contribution >= 0.6 is 0 Å². The van der Waals surface area contributed by atoms with Gasteiger partial charge < -0.3 is 10.2 Å². The summed E-state index contributed by atoms with van der Waals surface area (Å²) < 4.78 is 6.79. The Bertz CT molecular complexity index is 525. The molecule has 0 fully saturated rings. The lowest BCUT2D eigenvalue weighted by Gasteiger charge is -1.99. The summed E-state index contributed by atoms with van der Waals surface area (Å²) in [7, 11) is 0. The van der Waals surface area contributed by atoms with Gasteiger partial charge in [0.25, 0.3) is 0 Å². The third kappa shape index (κ3) is 1.68. The van der Waals surface area contributed by atoms with Crippen molar-refractivity contribution >= 4 is 11.1 Å². The largest absolute Gasteiger partial charge is 0.419 e. The maximum atomic E-state index is 11.5. The van der Waals surface area contributed by atoms with Crippen LogP contribution in [0.15, 0.2) is 27.4 Å². The minimum Gasteiger partial charge on any atom is -0.408 e. The van der Waals surface area contributed by atoms with Gasteiger partial charge in [0.15, 0.2) is 5.58 Å². The number of hydrogen-bond acceptors (Lipinski definition) is 3. The van der Waals surface area contributed by atoms with Crippen molar-refractivity contribution in [2.24, 2.45) is 5.73 Å². The lowest BCUT2D eigenvalue weighted by atomic mass is 10.2. The third-order valence-corrected chi connectivity index (χ3v) is 2.42. The fraction of sp³-hybridized carbons (Fsp3) is 0.364. The molecular formula is C11H14N2O2. The molecule has 0 saturated carbocycles. The standard InChI is InChI=1S/C11H14N2O2/c1-2-5-13-9-4-3-8(7-12)6-10(9)15-11(13)14/h3-4,6H,2,5,7,12H2,1H3. The zero-order chi connectivity index (χ0) is 10.8. The normalized spacial score (nSPS) is 11.1. The van der Waals surface area contributed by atoms with Crippen LogP contribution in [-0.2, 0) is 13.1 Å². The molecule has 2 N–H and O–H groups in total. The predicted octanol–water partition coefficient (Wildman–Crippen LogP) is 1.46. The highest BCUT2D eigenvalue weighted by atomic mass is 16.4. The van der Waals surface area contributed by atoms with Gasteiger partial charge in [-0.05, 0) is 24.1 Å². The Kier molecular flexibility index (Phi) is 2.60. The van der Waals surface area contributed by atoms with Crippen molar-refractivity contribution in [2.45, 2.75) is 26.4 Å². The van der Waals surface area contributed by atoms with Crippen LogP contribution in [-0.4, -0.2) is 4.57 Å². The number of nitrogens with two attached hydrogens (primary N) is 1. The minimum atomic E-state index is -0.291. The van der Waals surface area contributed by atoms with Crippen LogP contribution in [0, 0.1) is 0 Å². The molecule has 2 aromatic rings. The van der Waals surface area contributed by atoms with Gasteiger partial charge in [-0.15, -0.1) is 0 Å². The molecule has 0 spiro atoms. The first-order chi connectivity index (χ1) is 7.26. The number of fused-ring (bicyclic) bond motifs is 1. The SMILES string of the molecule is CCCn1c(=O)oc2cc(CN)ccc21. The number of aryl methyl sites for hydroxylation is 1. The number of rotatable bonds is 3. The first-order valence-corrected chi connectivity index (χ1v) is 5.08. The van der Waals surface area contributed by atoms with Crippen LogP contribution in [0.25, 0.3) is 11.1 Å². The lowest BCUT2D eigenvalue weighted by molar-refractivity contribution is 0.502. The lowest BCUT2D eigenvalue weighted by Crippen LogP contribution is -2.13. The molecule has 1 aromatic heterocycles. The quantitative estimate of drug-likeness (QED) is 0.827. The second kappa shape index (κ2) is 3.90. The predicted molar refractivity (Wildman–Crippen MR) is 58.7 cm³/mol. The summed E-state index contributed by atoms with van der Waals surface area (Å²) in [6, 6.07) is 5.63. The molecule has 0 saturated heterocycles. The molecule has 80 valence electrons. The van der Waals surface area contributed by atoms with Crippen LogP contribution in [0.4, 0.5) is 0 Å². The van der Waals surface area contributed by atoms with Crippen LogP contribution in [0.5, 0.6) is 0 Å². The highest BCUT2D eigenvalue weighted by molar-refractivity contribution is 5.73. The van der Waals surface area contributed by atoms with Gasteiger partial charge in [-0.25, -0.2) is 4.79 Å². The number of nitrogens with zero attached hydrogens (tertiary/aromatic N) is 1. The molecule has 0 aliphatic heterocycles. The third-order valence-electron chi connectivity index (χ3n) is 2.42. The molecule has 0 aliphatic carbocycles. The number of oxazole rings is 1. The summed E-state index contributed by atoms with van der Waals surface area (Å²) in [4.78, 5) is 11.5. The second-order valence-electron chi connectivity index (χ2n) is 3.53. The van der Waals surface area contributed by atoms with E-state index in [1.807, 2.05) is 25.1 Å². The van der Waals surface area contributed by atoms with Gasteiger partial charge in [-0.3, -0.25) is 4.57 Å². The molecular weight excluding hydrogens is 192 g/mol. The highest BCUT2D eigenvalue weighted by Gasteiger charge is 2.08. The topological polar surface area (TPSA) is 61.2 Å². The Morgan fingerprint density at radius 2 is 2.27 bits per heavy atom. The Hall–Kier alpha value is -1.55. The fourth-order valence-corrected chi connectivity index (χ4v) is 1.67. The van der Waals surface area contributed by atoms with Gasteiger partial charge in [0, 0.05) is 13.1 Å². The molecule has 2 rings (SSSR count). The molecule has 4 heteroatoms. The van der Waals surface area contributed by atoms with Crippen LogP contribution in [0.3, 0.4) is 0 Å². The first kappa shape index (κ1) is 9.98. The van der Waals surface area contributed by atoms with Crippen molar-refractivity contribution in [3.05, 3.63) is 34.3 Å². The van der Waals surface area contributed by atoms with Crippen LogP contribution in [0.2, 0.25) is 0 Å². The van der Waals surface area contributed by atoms with Gasteiger partial charge in [-0.1, -0.05) is 13.0 Å². The van der Waals surface area contributed by atoms with Crippen molar-refractivity contribution in [3.63, 3.8) is 0 Å². The van der Waals surface area contributed by atoms with E-state index < -0.39 is 0 Å². The fourth-order valence-electron chi connectivity index (χ4n) is 1.67. The van der Waals surface area contributed by atoms with Crippen molar-refractivity contribution in [2.75, 3.05) is 0 Å². The molecule has 0 amide bonds. The molecule has 0 radical (unpaired) electrons. The summed E-state index contributed by atoms with van der Waals surface area (Å²) in [5.74, 6) is -0.291. The van der Waals surface area contributed by atoms with Crippen molar-refractivity contribution in [1.29, 1.82) is 0 Å². The Morgan fingerprint density at radius 3 is 2.93 bits per heavy atom. The van der Waals surface area contributed by atoms with Gasteiger partial charge in [0.2, 0.25) is 0 Å². The summed E-state index contributed by atoms with van der Waals surface area (Å²) in [6.45, 7) is 3.17. The summed E-state index contributed by atoms with van der Waals surface area (Å²) in [5, 5.41) is 0. The van der Waals surface area contributed by atoms with E-state index in [0.29, 0.717) is 18.7 Å². The molecule has 0 unspecified atom stereocenters. The second-order valence-corrected chi connectivity index (χ2v) is 3.53. The summed E-state index contributed by atoms with van der Waals surface area (Å²) in [5.41, 5.74) is 7.96. The minimum absolute atomic E-state index is 0.291. The monoisotopic (exact) mass is 206 g/mol. The summed E-state index contributed by atoms with van der Waals surface area (Å²) >= 11 is 0. The van der Waals surface area contributed by atoms with Gasteiger partial charge in [0.1, 0.15) is 0 Å². The number of aromatic nitrogens is 1. The van der Waals surface area contributed by atoms with Gasteiger partial charge >= 0.3 is 5.76 Å². The van der Waals surface area contributed by atoms with Gasteiger partial charge in [0.05, 0.1) is 5.52 Å². The zero-order valence-electron chi connectivity index (χ0n) is 8.69. The van der Waals surface area contributed by atoms with Crippen molar-refractivity contribution < 1.29 is 4.42 Å². The molecule has 4 nitrogen and oxygen atoms in total. The average Bonchev–Trinajstić information content (AvgIpc) is 2.55. The van der Waals surface area contributed by atoms with E-state index >= 15 is 0 Å². The van der Waals surface area contributed by atoms with E-state index in [4.69, 9.17) is 10.2 Å². The molecule has 0 atom stereocenters. The Morgan fingerprint density at radius 1 is 1.47 bits per heavy atom. The van der Waals surface area contributed by atoms with Crippen LogP contribution < -0.4 is 11.5 Å². The highest BCUT2D eigenvalue weighted by Crippen LogP contribution is 2.15. The van der Waals surface area contributed by atoms with E-state index in [2.05, 4.69) is 0 Å². The van der Waals surface area contributed by atoms with Crippen molar-refractivity contribution in [3.8, 4) is 0 Å².